The second-order valence-corrected chi connectivity index (χ2v) is 8.24. The molecule has 120 valence electrons. The zero-order valence-electron chi connectivity index (χ0n) is 11.1. The van der Waals surface area contributed by atoms with Gasteiger partial charge in [0.1, 0.15) is 6.54 Å². The molecule has 0 amide bonds. The average molecular weight is 334 g/mol. The molecule has 0 saturated carbocycles. The second kappa shape index (κ2) is 7.11. The van der Waals surface area contributed by atoms with Crippen molar-refractivity contribution in [2.24, 2.45) is 0 Å². The van der Waals surface area contributed by atoms with E-state index in [4.69, 9.17) is 5.11 Å². The van der Waals surface area contributed by atoms with E-state index in [-0.39, 0.29) is 6.54 Å². The molecule has 0 saturated heterocycles. The predicted molar refractivity (Wildman–Crippen MR) is 69.7 cm³/mol. The van der Waals surface area contributed by atoms with Gasteiger partial charge >= 0.3 is 21.2 Å². The van der Waals surface area contributed by atoms with Crippen LogP contribution in [0.3, 0.4) is 0 Å². The Morgan fingerprint density at radius 2 is 1.60 bits per heavy atom. The third-order valence-corrected chi connectivity index (χ3v) is 6.94. The molecule has 10 nitrogen and oxygen atoms in total. The minimum absolute atomic E-state index is 0.0497. The molecule has 0 bridgehead atoms. The Morgan fingerprint density at radius 3 is 1.85 bits per heavy atom. The molecule has 0 radical (unpaired) electrons. The van der Waals surface area contributed by atoms with Crippen LogP contribution in [-0.4, -0.2) is 53.8 Å². The lowest BCUT2D eigenvalue weighted by atomic mass is 10.4. The molecule has 0 aliphatic heterocycles. The maximum absolute atomic E-state index is 11.5. The van der Waals surface area contributed by atoms with E-state index in [0.717, 1.165) is 5.01 Å². The van der Waals surface area contributed by atoms with E-state index in [9.17, 15) is 33.5 Å². The van der Waals surface area contributed by atoms with Crippen LogP contribution in [0, 0.1) is 0 Å². The van der Waals surface area contributed by atoms with E-state index < -0.39 is 39.1 Å². The highest BCUT2D eigenvalue weighted by atomic mass is 31.2. The molecule has 0 unspecified atom stereocenters. The summed E-state index contributed by atoms with van der Waals surface area (Å²) in [5.41, 5.74) is 2.06. The Kier molecular flexibility index (Phi) is 7.00. The molecule has 0 heterocycles. The van der Waals surface area contributed by atoms with Crippen molar-refractivity contribution in [3.8, 4) is 0 Å². The van der Waals surface area contributed by atoms with Crippen molar-refractivity contribution in [1.29, 1.82) is 0 Å². The molecule has 20 heavy (non-hydrogen) atoms. The highest BCUT2D eigenvalue weighted by molar-refractivity contribution is 7.72. The molecule has 0 rings (SSSR count). The summed E-state index contributed by atoms with van der Waals surface area (Å²) in [4.78, 5) is 47.9. The number of nitrogens with one attached hydrogen (secondary N) is 1. The number of rotatable bonds is 9. The number of aliphatic carboxylic acids is 1. The minimum atomic E-state index is -5.26. The Hall–Kier alpha value is -0.310. The number of carboxylic acids is 1. The van der Waals surface area contributed by atoms with Crippen molar-refractivity contribution >= 4 is 21.2 Å². The molecular weight excluding hydrogens is 314 g/mol. The van der Waals surface area contributed by atoms with Crippen LogP contribution in [0.4, 0.5) is 0 Å². The first-order valence-corrected chi connectivity index (χ1v) is 8.99. The van der Waals surface area contributed by atoms with Gasteiger partial charge in [-0.15, -0.1) is 0 Å². The maximum Gasteiger partial charge on any atom is 0.359 e. The van der Waals surface area contributed by atoms with Crippen molar-refractivity contribution < 1.29 is 38.6 Å². The van der Waals surface area contributed by atoms with E-state index >= 15 is 0 Å². The van der Waals surface area contributed by atoms with Crippen LogP contribution in [0.15, 0.2) is 0 Å². The molecule has 0 fully saturated rings. The smallest absolute Gasteiger partial charge is 0.359 e. The summed E-state index contributed by atoms with van der Waals surface area (Å²) in [5.74, 6) is -1.30. The van der Waals surface area contributed by atoms with E-state index in [2.05, 4.69) is 5.43 Å². The van der Waals surface area contributed by atoms with Gasteiger partial charge in [-0.2, -0.15) is 0 Å². The summed E-state index contributed by atoms with van der Waals surface area (Å²) in [5, 5.41) is 6.77. The zero-order valence-corrected chi connectivity index (χ0v) is 12.9. The summed E-state index contributed by atoms with van der Waals surface area (Å²) < 4.78 is 23.0. The van der Waals surface area contributed by atoms with Crippen LogP contribution >= 0.6 is 15.2 Å². The Morgan fingerprint density at radius 1 is 1.15 bits per heavy atom. The summed E-state index contributed by atoms with van der Waals surface area (Å²) in [6.45, 7) is 2.26. The fourth-order valence-corrected chi connectivity index (χ4v) is 4.38. The van der Waals surface area contributed by atoms with E-state index in [1.54, 1.807) is 6.92 Å². The molecule has 6 N–H and O–H groups in total. The van der Waals surface area contributed by atoms with Crippen LogP contribution < -0.4 is 5.43 Å². The van der Waals surface area contributed by atoms with Gasteiger partial charge in [0.25, 0.3) is 0 Å². The number of hydrogen-bond acceptors (Lipinski definition) is 5. The van der Waals surface area contributed by atoms with Gasteiger partial charge in [-0.3, -0.25) is 13.9 Å². The van der Waals surface area contributed by atoms with Crippen LogP contribution in [0.25, 0.3) is 0 Å². The monoisotopic (exact) mass is 334 g/mol. The van der Waals surface area contributed by atoms with Gasteiger partial charge in [0.05, 0.1) is 0 Å². The molecule has 12 heteroatoms. The SMILES string of the molecule is CCCN(CC(=O)O)NC(CC)(P(=O)(O)O)P(=O)(O)O. The van der Waals surface area contributed by atoms with Gasteiger partial charge in [0.15, 0.2) is 0 Å². The summed E-state index contributed by atoms with van der Waals surface area (Å²) >= 11 is 0. The van der Waals surface area contributed by atoms with E-state index in [1.807, 2.05) is 0 Å². The maximum atomic E-state index is 11.5. The highest BCUT2D eigenvalue weighted by Crippen LogP contribution is 2.68. The fraction of sp³-hybridized carbons (Fsp3) is 0.875. The lowest BCUT2D eigenvalue weighted by Gasteiger charge is -2.38. The molecule has 0 spiro atoms. The summed E-state index contributed by atoms with van der Waals surface area (Å²) in [6, 6.07) is 0. The van der Waals surface area contributed by atoms with Crippen LogP contribution in [-0.2, 0) is 13.9 Å². The summed E-state index contributed by atoms with van der Waals surface area (Å²) in [7, 11) is -10.5. The lowest BCUT2D eigenvalue weighted by Crippen LogP contribution is -2.55. The first-order valence-electron chi connectivity index (χ1n) is 5.77. The second-order valence-electron chi connectivity index (χ2n) is 4.19. The minimum Gasteiger partial charge on any atom is -0.480 e. The van der Waals surface area contributed by atoms with Gasteiger partial charge in [-0.05, 0) is 12.8 Å². The van der Waals surface area contributed by atoms with Crippen LogP contribution in [0.2, 0.25) is 0 Å². The van der Waals surface area contributed by atoms with E-state index in [1.165, 1.54) is 6.92 Å². The largest absolute Gasteiger partial charge is 0.480 e. The molecule has 0 aromatic rings. The summed E-state index contributed by atoms with van der Waals surface area (Å²) in [6.07, 6.45) is -0.163. The standard InChI is InChI=1S/C8H20N2O8P2/c1-3-5-10(6-7(11)12)9-8(4-2,19(13,14)15)20(16,17)18/h9H,3-6H2,1-2H3,(H,11,12)(H2,13,14,15)(H2,16,17,18). The van der Waals surface area contributed by atoms with Gasteiger partial charge in [0, 0.05) is 6.54 Å². The van der Waals surface area contributed by atoms with Crippen molar-refractivity contribution in [2.45, 2.75) is 31.7 Å². The van der Waals surface area contributed by atoms with Gasteiger partial charge < -0.3 is 24.7 Å². The normalized spacial score (nSPS) is 13.8. The Labute approximate surface area is 116 Å². The van der Waals surface area contributed by atoms with Crippen molar-refractivity contribution in [2.75, 3.05) is 13.1 Å². The van der Waals surface area contributed by atoms with Crippen molar-refractivity contribution in [1.82, 2.24) is 10.4 Å². The number of hydrogen-bond donors (Lipinski definition) is 6. The van der Waals surface area contributed by atoms with Crippen molar-refractivity contribution in [3.63, 3.8) is 0 Å². The molecule has 0 aromatic carbocycles. The average Bonchev–Trinajstić information content (AvgIpc) is 2.21. The van der Waals surface area contributed by atoms with Crippen LogP contribution in [0.5, 0.6) is 0 Å². The Bertz CT molecular complexity index is 408. The number of hydrazine groups is 1. The third-order valence-electron chi connectivity index (χ3n) is 2.61. The topological polar surface area (TPSA) is 168 Å². The number of carboxylic acid groups (broad SMARTS) is 1. The molecule has 0 aliphatic rings. The highest BCUT2D eigenvalue weighted by Gasteiger charge is 2.60. The van der Waals surface area contributed by atoms with Crippen LogP contribution in [0.1, 0.15) is 26.7 Å². The molecule has 0 aromatic heterocycles. The quantitative estimate of drug-likeness (QED) is 0.243. The van der Waals surface area contributed by atoms with Gasteiger partial charge in [0.2, 0.25) is 5.02 Å². The lowest BCUT2D eigenvalue weighted by molar-refractivity contribution is -0.139. The fourth-order valence-electron chi connectivity index (χ4n) is 1.65. The number of carbonyl (C=O) groups is 1. The first-order chi connectivity index (χ1) is 8.91. The number of nitrogens with zero attached hydrogens (tertiary/aromatic N) is 1. The van der Waals surface area contributed by atoms with Crippen molar-refractivity contribution in [3.05, 3.63) is 0 Å². The molecule has 0 aliphatic carbocycles. The molecular formula is C8H20N2O8P2. The third kappa shape index (κ3) is 4.61. The first kappa shape index (κ1) is 19.7. The van der Waals surface area contributed by atoms with Gasteiger partial charge in [-0.1, -0.05) is 13.8 Å². The molecule has 0 atom stereocenters. The Balaban J connectivity index is 5.60. The predicted octanol–water partition coefficient (Wildman–Crippen LogP) is -0.293. The zero-order chi connectivity index (χ0) is 16.2. The van der Waals surface area contributed by atoms with Gasteiger partial charge in [-0.25, -0.2) is 10.4 Å². The van der Waals surface area contributed by atoms with E-state index in [0.29, 0.717) is 6.42 Å².